The van der Waals surface area contributed by atoms with Gasteiger partial charge in [0, 0.05) is 30.8 Å². The van der Waals surface area contributed by atoms with E-state index < -0.39 is 0 Å². The van der Waals surface area contributed by atoms with E-state index in [0.29, 0.717) is 31.0 Å². The average Bonchev–Trinajstić information content (AvgIpc) is 3.22. The molecular weight excluding hydrogens is 326 g/mol. The molecule has 0 unspecified atom stereocenters. The summed E-state index contributed by atoms with van der Waals surface area (Å²) in [5, 5.41) is 0. The van der Waals surface area contributed by atoms with Crippen molar-refractivity contribution in [3.8, 4) is 11.3 Å². The van der Waals surface area contributed by atoms with Gasteiger partial charge >= 0.3 is 0 Å². The van der Waals surface area contributed by atoms with E-state index >= 15 is 0 Å². The van der Waals surface area contributed by atoms with E-state index in [-0.39, 0.29) is 0 Å². The van der Waals surface area contributed by atoms with Crippen LogP contribution in [0.15, 0.2) is 30.3 Å². The summed E-state index contributed by atoms with van der Waals surface area (Å²) < 4.78 is 5.41. The number of likely N-dealkylation sites (tertiary alicyclic amines) is 1. The monoisotopic (exact) mass is 353 g/mol. The molecule has 1 atom stereocenters. The van der Waals surface area contributed by atoms with Crippen molar-refractivity contribution in [1.29, 1.82) is 0 Å². The minimum absolute atomic E-state index is 0.464. The Morgan fingerprint density at radius 2 is 1.69 bits per heavy atom. The Labute approximate surface area is 155 Å². The number of benzene rings is 1. The molecule has 0 amide bonds. The molecule has 0 saturated carbocycles. The van der Waals surface area contributed by atoms with Crippen molar-refractivity contribution in [2.45, 2.75) is 25.8 Å². The SMILES string of the molecule is C[C@H](c1ccc(-c2cc(N)nc(N3CCOCC3)n2)cc1)N1CCCC1. The average molecular weight is 353 g/mol. The van der Waals surface area contributed by atoms with Gasteiger partial charge in [0.1, 0.15) is 5.82 Å². The van der Waals surface area contributed by atoms with E-state index in [2.05, 4.69) is 46.0 Å². The fourth-order valence-corrected chi connectivity index (χ4v) is 3.78. The number of hydrogen-bond donors (Lipinski definition) is 1. The van der Waals surface area contributed by atoms with Gasteiger partial charge in [-0.1, -0.05) is 24.3 Å². The van der Waals surface area contributed by atoms with Crippen LogP contribution >= 0.6 is 0 Å². The lowest BCUT2D eigenvalue weighted by Crippen LogP contribution is -2.37. The van der Waals surface area contributed by atoms with E-state index in [1.54, 1.807) is 0 Å². The van der Waals surface area contributed by atoms with Gasteiger partial charge in [0.25, 0.3) is 0 Å². The molecule has 2 aliphatic rings. The number of nitrogens with two attached hydrogens (primary N) is 1. The fourth-order valence-electron chi connectivity index (χ4n) is 3.78. The van der Waals surface area contributed by atoms with Gasteiger partial charge < -0.3 is 15.4 Å². The highest BCUT2D eigenvalue weighted by molar-refractivity contribution is 5.64. The topological polar surface area (TPSA) is 67.5 Å². The molecule has 4 rings (SSSR count). The van der Waals surface area contributed by atoms with Gasteiger partial charge in [0.15, 0.2) is 0 Å². The van der Waals surface area contributed by atoms with Crippen molar-refractivity contribution in [2.75, 3.05) is 50.0 Å². The van der Waals surface area contributed by atoms with Crippen LogP contribution in [0.2, 0.25) is 0 Å². The highest BCUT2D eigenvalue weighted by Crippen LogP contribution is 2.28. The highest BCUT2D eigenvalue weighted by atomic mass is 16.5. The van der Waals surface area contributed by atoms with Crippen LogP contribution in [0, 0.1) is 0 Å². The number of anilines is 2. The summed E-state index contributed by atoms with van der Waals surface area (Å²) >= 11 is 0. The molecule has 0 radical (unpaired) electrons. The lowest BCUT2D eigenvalue weighted by atomic mass is 10.0. The molecule has 1 aromatic carbocycles. The standard InChI is InChI=1S/C20H27N5O/c1-15(24-8-2-3-9-24)16-4-6-17(7-5-16)18-14-19(21)23-20(22-18)25-10-12-26-13-11-25/h4-7,14-15H,2-3,8-13H2,1H3,(H2,21,22,23)/t15-/m1/s1. The molecule has 2 aliphatic heterocycles. The number of hydrogen-bond acceptors (Lipinski definition) is 6. The molecule has 26 heavy (non-hydrogen) atoms. The van der Waals surface area contributed by atoms with Gasteiger partial charge in [0.2, 0.25) is 5.95 Å². The third-order valence-electron chi connectivity index (χ3n) is 5.41. The van der Waals surface area contributed by atoms with Crippen LogP contribution in [0.4, 0.5) is 11.8 Å². The molecule has 2 N–H and O–H groups in total. The first-order chi connectivity index (χ1) is 12.7. The second-order valence-electron chi connectivity index (χ2n) is 7.12. The summed E-state index contributed by atoms with van der Waals surface area (Å²) in [6.45, 7) is 7.71. The second kappa shape index (κ2) is 7.60. The Morgan fingerprint density at radius 3 is 2.38 bits per heavy atom. The zero-order valence-corrected chi connectivity index (χ0v) is 15.4. The Kier molecular flexibility index (Phi) is 5.04. The van der Waals surface area contributed by atoms with Crippen LogP contribution in [0.1, 0.15) is 31.4 Å². The molecule has 3 heterocycles. The number of morpholine rings is 1. The summed E-state index contributed by atoms with van der Waals surface area (Å²) in [5.41, 5.74) is 9.35. The largest absolute Gasteiger partial charge is 0.384 e. The predicted octanol–water partition coefficient (Wildman–Crippen LogP) is 2.72. The number of ether oxygens (including phenoxy) is 1. The fraction of sp³-hybridized carbons (Fsp3) is 0.500. The highest BCUT2D eigenvalue weighted by Gasteiger charge is 2.20. The smallest absolute Gasteiger partial charge is 0.228 e. The maximum Gasteiger partial charge on any atom is 0.228 e. The molecule has 1 aromatic heterocycles. The first-order valence-electron chi connectivity index (χ1n) is 9.52. The summed E-state index contributed by atoms with van der Waals surface area (Å²) in [6.07, 6.45) is 2.62. The quantitative estimate of drug-likeness (QED) is 0.912. The van der Waals surface area contributed by atoms with Crippen molar-refractivity contribution in [1.82, 2.24) is 14.9 Å². The summed E-state index contributed by atoms with van der Waals surface area (Å²) in [5.74, 6) is 1.20. The van der Waals surface area contributed by atoms with Crippen LogP contribution in [-0.4, -0.2) is 54.3 Å². The Hall–Kier alpha value is -2.18. The Balaban J connectivity index is 1.56. The van der Waals surface area contributed by atoms with Gasteiger partial charge in [-0.15, -0.1) is 0 Å². The lowest BCUT2D eigenvalue weighted by Gasteiger charge is -2.27. The van der Waals surface area contributed by atoms with E-state index in [1.165, 1.54) is 31.5 Å². The van der Waals surface area contributed by atoms with E-state index in [1.807, 2.05) is 6.07 Å². The molecule has 2 fully saturated rings. The zero-order chi connectivity index (χ0) is 17.9. The molecule has 2 saturated heterocycles. The predicted molar refractivity (Wildman–Crippen MR) is 104 cm³/mol. The van der Waals surface area contributed by atoms with Crippen LogP contribution in [0.3, 0.4) is 0 Å². The molecule has 0 spiro atoms. The van der Waals surface area contributed by atoms with Gasteiger partial charge in [-0.2, -0.15) is 4.98 Å². The number of nitrogen functional groups attached to an aromatic ring is 1. The summed E-state index contributed by atoms with van der Waals surface area (Å²) in [7, 11) is 0. The van der Waals surface area contributed by atoms with Crippen LogP contribution < -0.4 is 10.6 Å². The molecule has 0 aliphatic carbocycles. The number of aromatic nitrogens is 2. The van der Waals surface area contributed by atoms with Crippen LogP contribution in [0.25, 0.3) is 11.3 Å². The van der Waals surface area contributed by atoms with Crippen molar-refractivity contribution in [3.63, 3.8) is 0 Å². The normalized spacial score (nSPS) is 19.7. The van der Waals surface area contributed by atoms with Crippen LogP contribution in [0.5, 0.6) is 0 Å². The van der Waals surface area contributed by atoms with Crippen molar-refractivity contribution < 1.29 is 4.74 Å². The van der Waals surface area contributed by atoms with Crippen molar-refractivity contribution in [2.24, 2.45) is 0 Å². The number of nitrogens with zero attached hydrogens (tertiary/aromatic N) is 4. The molecule has 6 nitrogen and oxygen atoms in total. The Bertz CT molecular complexity index is 736. The molecule has 2 aromatic rings. The van der Waals surface area contributed by atoms with Crippen molar-refractivity contribution in [3.05, 3.63) is 35.9 Å². The summed E-state index contributed by atoms with van der Waals surface area (Å²) in [6, 6.07) is 11.0. The Morgan fingerprint density at radius 1 is 1.00 bits per heavy atom. The van der Waals surface area contributed by atoms with Gasteiger partial charge in [0.05, 0.1) is 18.9 Å². The van der Waals surface area contributed by atoms with Gasteiger partial charge in [-0.05, 0) is 38.4 Å². The van der Waals surface area contributed by atoms with Gasteiger partial charge in [-0.3, -0.25) is 4.90 Å². The molecule has 0 bridgehead atoms. The maximum atomic E-state index is 6.05. The third kappa shape index (κ3) is 3.66. The van der Waals surface area contributed by atoms with E-state index in [9.17, 15) is 0 Å². The molecule has 6 heteroatoms. The third-order valence-corrected chi connectivity index (χ3v) is 5.41. The van der Waals surface area contributed by atoms with Gasteiger partial charge in [-0.25, -0.2) is 4.98 Å². The van der Waals surface area contributed by atoms with Crippen molar-refractivity contribution >= 4 is 11.8 Å². The zero-order valence-electron chi connectivity index (χ0n) is 15.4. The first kappa shape index (κ1) is 17.2. The van der Waals surface area contributed by atoms with E-state index in [0.717, 1.165) is 24.3 Å². The molecule has 138 valence electrons. The summed E-state index contributed by atoms with van der Waals surface area (Å²) in [4.78, 5) is 13.8. The minimum atomic E-state index is 0.464. The second-order valence-corrected chi connectivity index (χ2v) is 7.12. The van der Waals surface area contributed by atoms with Crippen LogP contribution in [-0.2, 0) is 4.74 Å². The number of rotatable bonds is 4. The first-order valence-corrected chi connectivity index (χ1v) is 9.52. The van der Waals surface area contributed by atoms with E-state index in [4.69, 9.17) is 15.5 Å². The maximum absolute atomic E-state index is 6.05. The lowest BCUT2D eigenvalue weighted by molar-refractivity contribution is 0.122. The molecular formula is C20H27N5O. The minimum Gasteiger partial charge on any atom is -0.384 e.